The summed E-state index contributed by atoms with van der Waals surface area (Å²) in [6.45, 7) is 7.53. The van der Waals surface area contributed by atoms with Gasteiger partial charge in [0.25, 0.3) is 5.91 Å². The number of rotatable bonds is 3. The second kappa shape index (κ2) is 7.04. The first-order chi connectivity index (χ1) is 11.5. The van der Waals surface area contributed by atoms with Gasteiger partial charge in [-0.2, -0.15) is 0 Å². The van der Waals surface area contributed by atoms with Crippen LogP contribution in [0.4, 0.5) is 0 Å². The zero-order chi connectivity index (χ0) is 17.1. The Morgan fingerprint density at radius 2 is 1.83 bits per heavy atom. The molecule has 0 radical (unpaired) electrons. The van der Waals surface area contributed by atoms with E-state index in [4.69, 9.17) is 4.74 Å². The summed E-state index contributed by atoms with van der Waals surface area (Å²) >= 11 is 0. The maximum absolute atomic E-state index is 12.6. The van der Waals surface area contributed by atoms with Crippen LogP contribution in [0.2, 0.25) is 0 Å². The molecule has 1 aliphatic rings. The largest absolute Gasteiger partial charge is 0.489 e. The van der Waals surface area contributed by atoms with Crippen molar-refractivity contribution in [1.82, 2.24) is 9.88 Å². The summed E-state index contributed by atoms with van der Waals surface area (Å²) in [6.07, 6.45) is 3.62. The predicted molar refractivity (Wildman–Crippen MR) is 94.4 cm³/mol. The van der Waals surface area contributed by atoms with E-state index < -0.39 is 0 Å². The Morgan fingerprint density at radius 3 is 2.46 bits per heavy atom. The summed E-state index contributed by atoms with van der Waals surface area (Å²) in [6, 6.07) is 9.83. The van der Waals surface area contributed by atoms with Crippen molar-refractivity contribution >= 4 is 5.91 Å². The topological polar surface area (TPSA) is 42.4 Å². The van der Waals surface area contributed by atoms with Crippen LogP contribution in [0.3, 0.4) is 0 Å². The highest BCUT2D eigenvalue weighted by atomic mass is 16.5. The summed E-state index contributed by atoms with van der Waals surface area (Å²) in [5.74, 6) is 0.924. The minimum Gasteiger partial charge on any atom is -0.489 e. The normalized spacial score (nSPS) is 15.4. The molecule has 2 heterocycles. The molecule has 0 atom stereocenters. The van der Waals surface area contributed by atoms with Gasteiger partial charge >= 0.3 is 0 Å². The lowest BCUT2D eigenvalue weighted by Crippen LogP contribution is -2.41. The molecule has 1 saturated heterocycles. The van der Waals surface area contributed by atoms with E-state index in [1.54, 1.807) is 6.20 Å². The number of hydrogen-bond donors (Lipinski definition) is 0. The first-order valence-electron chi connectivity index (χ1n) is 8.49. The highest BCUT2D eigenvalue weighted by Gasteiger charge is 2.24. The van der Waals surface area contributed by atoms with Crippen molar-refractivity contribution in [2.24, 2.45) is 0 Å². The van der Waals surface area contributed by atoms with Crippen LogP contribution >= 0.6 is 0 Å². The first-order valence-corrected chi connectivity index (χ1v) is 8.49. The number of ether oxygens (including phenoxy) is 1. The molecule has 0 spiro atoms. The van der Waals surface area contributed by atoms with Crippen LogP contribution in [0.25, 0.3) is 0 Å². The number of hydrogen-bond acceptors (Lipinski definition) is 3. The number of benzene rings is 1. The molecule has 24 heavy (non-hydrogen) atoms. The van der Waals surface area contributed by atoms with E-state index in [-0.39, 0.29) is 12.0 Å². The maximum Gasteiger partial charge on any atom is 0.253 e. The molecule has 2 aromatic rings. The molecule has 1 aliphatic heterocycles. The van der Waals surface area contributed by atoms with E-state index in [0.717, 1.165) is 48.5 Å². The van der Waals surface area contributed by atoms with Gasteiger partial charge in [0.15, 0.2) is 0 Å². The Kier molecular flexibility index (Phi) is 4.84. The van der Waals surface area contributed by atoms with Gasteiger partial charge in [-0.3, -0.25) is 9.78 Å². The van der Waals surface area contributed by atoms with Gasteiger partial charge in [-0.05, 0) is 56.2 Å². The van der Waals surface area contributed by atoms with E-state index >= 15 is 0 Å². The van der Waals surface area contributed by atoms with Crippen LogP contribution in [-0.4, -0.2) is 35.0 Å². The minimum absolute atomic E-state index is 0.119. The van der Waals surface area contributed by atoms with E-state index in [1.807, 2.05) is 49.1 Å². The zero-order valence-electron chi connectivity index (χ0n) is 14.6. The third-order valence-electron chi connectivity index (χ3n) is 4.67. The summed E-state index contributed by atoms with van der Waals surface area (Å²) in [5, 5.41) is 0. The maximum atomic E-state index is 12.6. The predicted octanol–water partition coefficient (Wildman–Crippen LogP) is 3.69. The molecule has 126 valence electrons. The van der Waals surface area contributed by atoms with E-state index in [2.05, 4.69) is 11.9 Å². The lowest BCUT2D eigenvalue weighted by atomic mass is 10.0. The number of nitrogens with zero attached hydrogens (tertiary/aromatic N) is 2. The van der Waals surface area contributed by atoms with Gasteiger partial charge in [0.1, 0.15) is 11.9 Å². The molecule has 3 rings (SSSR count). The van der Waals surface area contributed by atoms with Crippen LogP contribution in [0.5, 0.6) is 5.75 Å². The molecule has 0 N–H and O–H groups in total. The molecular weight excluding hydrogens is 300 g/mol. The number of amides is 1. The monoisotopic (exact) mass is 324 g/mol. The van der Waals surface area contributed by atoms with Gasteiger partial charge < -0.3 is 9.64 Å². The SMILES string of the molecule is Cc1ccc(OC2CCN(C(=O)c3ccc(C)c(C)c3)CC2)cn1. The quantitative estimate of drug-likeness (QED) is 0.865. The van der Waals surface area contributed by atoms with Crippen LogP contribution in [0.15, 0.2) is 36.5 Å². The molecular formula is C20H24N2O2. The van der Waals surface area contributed by atoms with Crippen LogP contribution in [0.1, 0.15) is 40.0 Å². The van der Waals surface area contributed by atoms with Gasteiger partial charge in [-0.1, -0.05) is 6.07 Å². The molecule has 0 bridgehead atoms. The molecule has 1 aromatic heterocycles. The molecule has 4 nitrogen and oxygen atoms in total. The molecule has 1 aromatic carbocycles. The highest BCUT2D eigenvalue weighted by Crippen LogP contribution is 2.20. The molecule has 1 amide bonds. The van der Waals surface area contributed by atoms with Crippen molar-refractivity contribution in [3.8, 4) is 5.75 Å². The fraction of sp³-hybridized carbons (Fsp3) is 0.400. The summed E-state index contributed by atoms with van der Waals surface area (Å²) in [5.41, 5.74) is 4.13. The molecule has 4 heteroatoms. The lowest BCUT2D eigenvalue weighted by Gasteiger charge is -2.32. The van der Waals surface area contributed by atoms with E-state index in [0.29, 0.717) is 0 Å². The van der Waals surface area contributed by atoms with Crippen molar-refractivity contribution in [3.05, 3.63) is 58.9 Å². The van der Waals surface area contributed by atoms with Crippen molar-refractivity contribution < 1.29 is 9.53 Å². The van der Waals surface area contributed by atoms with Gasteiger partial charge in [-0.15, -0.1) is 0 Å². The van der Waals surface area contributed by atoms with Gasteiger partial charge in [0.05, 0.1) is 6.20 Å². The molecule has 0 aliphatic carbocycles. The number of piperidine rings is 1. The third-order valence-corrected chi connectivity index (χ3v) is 4.67. The third kappa shape index (κ3) is 3.75. The number of likely N-dealkylation sites (tertiary alicyclic amines) is 1. The smallest absolute Gasteiger partial charge is 0.253 e. The van der Waals surface area contributed by atoms with Gasteiger partial charge in [0.2, 0.25) is 0 Å². The number of carbonyl (C=O) groups excluding carboxylic acids is 1. The fourth-order valence-corrected chi connectivity index (χ4v) is 2.95. The second-order valence-corrected chi connectivity index (χ2v) is 6.54. The van der Waals surface area contributed by atoms with Crippen molar-refractivity contribution in [2.75, 3.05) is 13.1 Å². The Bertz CT molecular complexity index is 717. The van der Waals surface area contributed by atoms with Crippen molar-refractivity contribution in [2.45, 2.75) is 39.7 Å². The lowest BCUT2D eigenvalue weighted by molar-refractivity contribution is 0.0595. The van der Waals surface area contributed by atoms with E-state index in [9.17, 15) is 4.79 Å². The van der Waals surface area contributed by atoms with Crippen LogP contribution < -0.4 is 4.74 Å². The summed E-state index contributed by atoms with van der Waals surface area (Å²) in [7, 11) is 0. The Hall–Kier alpha value is -2.36. The number of aryl methyl sites for hydroxylation is 3. The number of aromatic nitrogens is 1. The van der Waals surface area contributed by atoms with Gasteiger partial charge in [-0.25, -0.2) is 0 Å². The minimum atomic E-state index is 0.119. The standard InChI is InChI=1S/C20H24N2O2/c1-14-4-6-17(12-15(14)2)20(23)22-10-8-18(9-11-22)24-19-7-5-16(3)21-13-19/h4-7,12-13,18H,8-11H2,1-3H3. The number of pyridine rings is 1. The van der Waals surface area contributed by atoms with Crippen molar-refractivity contribution in [1.29, 1.82) is 0 Å². The number of carbonyl (C=O) groups is 1. The molecule has 0 saturated carbocycles. The highest BCUT2D eigenvalue weighted by molar-refractivity contribution is 5.94. The van der Waals surface area contributed by atoms with Gasteiger partial charge in [0, 0.05) is 37.2 Å². The average molecular weight is 324 g/mol. The summed E-state index contributed by atoms with van der Waals surface area (Å²) in [4.78, 5) is 18.8. The Morgan fingerprint density at radius 1 is 1.08 bits per heavy atom. The van der Waals surface area contributed by atoms with Crippen LogP contribution in [0, 0.1) is 20.8 Å². The molecule has 0 unspecified atom stereocenters. The molecule has 1 fully saturated rings. The van der Waals surface area contributed by atoms with E-state index in [1.165, 1.54) is 5.56 Å². The fourth-order valence-electron chi connectivity index (χ4n) is 2.95. The Balaban J connectivity index is 1.57. The summed E-state index contributed by atoms with van der Waals surface area (Å²) < 4.78 is 5.98. The zero-order valence-corrected chi connectivity index (χ0v) is 14.6. The van der Waals surface area contributed by atoms with Crippen molar-refractivity contribution in [3.63, 3.8) is 0 Å². The van der Waals surface area contributed by atoms with Crippen LogP contribution in [-0.2, 0) is 0 Å². The second-order valence-electron chi connectivity index (χ2n) is 6.54. The average Bonchev–Trinajstić information content (AvgIpc) is 2.59. The first kappa shape index (κ1) is 16.5. The Labute approximate surface area is 143 Å².